The summed E-state index contributed by atoms with van der Waals surface area (Å²) >= 11 is 0. The van der Waals surface area contributed by atoms with E-state index in [9.17, 15) is 14.7 Å². The van der Waals surface area contributed by atoms with Crippen molar-refractivity contribution in [3.8, 4) is 0 Å². The van der Waals surface area contributed by atoms with Crippen LogP contribution < -0.4 is 11.2 Å². The number of likely N-dealkylation sites (N-methyl/N-ethyl adjacent to an activating group) is 1. The number of imidazole rings is 1. The molecule has 0 unspecified atom stereocenters. The molecular formula is C15H25N5O3. The summed E-state index contributed by atoms with van der Waals surface area (Å²) < 4.78 is 4.28. The molecule has 0 aliphatic heterocycles. The minimum Gasteiger partial charge on any atom is -0.389 e. The van der Waals surface area contributed by atoms with Gasteiger partial charge in [0.1, 0.15) is 0 Å². The minimum absolute atomic E-state index is 0.312. The predicted molar refractivity (Wildman–Crippen MR) is 88.6 cm³/mol. The van der Waals surface area contributed by atoms with Crippen LogP contribution in [0.5, 0.6) is 0 Å². The Bertz CT molecular complexity index is 809. The maximum Gasteiger partial charge on any atom is 0.332 e. The molecule has 0 atom stereocenters. The van der Waals surface area contributed by atoms with Crippen molar-refractivity contribution < 1.29 is 5.11 Å². The molecule has 23 heavy (non-hydrogen) atoms. The minimum atomic E-state index is -0.769. The molecule has 0 radical (unpaired) electrons. The molecule has 0 aliphatic carbocycles. The Kier molecular flexibility index (Phi) is 4.76. The van der Waals surface area contributed by atoms with Crippen LogP contribution in [0.1, 0.15) is 20.3 Å². The zero-order chi connectivity index (χ0) is 17.4. The normalized spacial score (nSPS) is 12.5. The van der Waals surface area contributed by atoms with E-state index in [4.69, 9.17) is 0 Å². The van der Waals surface area contributed by atoms with Crippen molar-refractivity contribution in [2.75, 3.05) is 20.1 Å². The van der Waals surface area contributed by atoms with Crippen molar-refractivity contribution in [2.45, 2.75) is 32.4 Å². The molecule has 0 amide bonds. The Labute approximate surface area is 134 Å². The van der Waals surface area contributed by atoms with E-state index in [-0.39, 0.29) is 11.2 Å². The number of nitrogens with zero attached hydrogens (tertiary/aromatic N) is 5. The second kappa shape index (κ2) is 6.29. The van der Waals surface area contributed by atoms with Crippen LogP contribution in [0.25, 0.3) is 11.2 Å². The van der Waals surface area contributed by atoms with Crippen molar-refractivity contribution in [3.05, 3.63) is 27.2 Å². The first-order chi connectivity index (χ1) is 10.6. The summed E-state index contributed by atoms with van der Waals surface area (Å²) in [4.78, 5) is 31.0. The van der Waals surface area contributed by atoms with Crippen molar-refractivity contribution >= 4 is 11.2 Å². The highest BCUT2D eigenvalue weighted by Crippen LogP contribution is 2.05. The highest BCUT2D eigenvalue weighted by molar-refractivity contribution is 5.69. The Morgan fingerprint density at radius 2 is 1.96 bits per heavy atom. The monoisotopic (exact) mass is 323 g/mol. The topological polar surface area (TPSA) is 85.3 Å². The second-order valence-electron chi connectivity index (χ2n) is 6.73. The van der Waals surface area contributed by atoms with E-state index >= 15 is 0 Å². The highest BCUT2D eigenvalue weighted by Gasteiger charge is 2.17. The lowest BCUT2D eigenvalue weighted by Gasteiger charge is -2.25. The molecule has 8 nitrogen and oxygen atoms in total. The van der Waals surface area contributed by atoms with Gasteiger partial charge >= 0.3 is 5.69 Å². The van der Waals surface area contributed by atoms with Crippen LogP contribution in [-0.2, 0) is 20.6 Å². The number of hydrogen-bond donors (Lipinski definition) is 1. The molecule has 1 N–H and O–H groups in total. The maximum absolute atomic E-state index is 12.5. The van der Waals surface area contributed by atoms with Gasteiger partial charge in [-0.2, -0.15) is 0 Å². The summed E-state index contributed by atoms with van der Waals surface area (Å²) in [6, 6.07) is 0. The van der Waals surface area contributed by atoms with Gasteiger partial charge in [0.15, 0.2) is 11.2 Å². The first-order valence-electron chi connectivity index (χ1n) is 7.63. The van der Waals surface area contributed by atoms with Crippen LogP contribution in [0.15, 0.2) is 15.9 Å². The Hall–Kier alpha value is -1.93. The molecule has 8 heteroatoms. The molecule has 0 bridgehead atoms. The van der Waals surface area contributed by atoms with Crippen LogP contribution in [0, 0.1) is 0 Å². The Morgan fingerprint density at radius 1 is 1.30 bits per heavy atom. The molecule has 0 saturated heterocycles. The zero-order valence-corrected chi connectivity index (χ0v) is 14.4. The molecule has 2 rings (SSSR count). The van der Waals surface area contributed by atoms with Gasteiger partial charge in [-0.05, 0) is 33.9 Å². The van der Waals surface area contributed by atoms with Crippen LogP contribution in [-0.4, -0.2) is 54.4 Å². The van der Waals surface area contributed by atoms with Crippen molar-refractivity contribution in [1.29, 1.82) is 0 Å². The van der Waals surface area contributed by atoms with Gasteiger partial charge in [0.05, 0.1) is 11.9 Å². The lowest BCUT2D eigenvalue weighted by Crippen LogP contribution is -2.41. The van der Waals surface area contributed by atoms with E-state index < -0.39 is 5.60 Å². The van der Waals surface area contributed by atoms with E-state index in [1.165, 1.54) is 15.5 Å². The molecule has 0 aromatic carbocycles. The second-order valence-corrected chi connectivity index (χ2v) is 6.73. The smallest absolute Gasteiger partial charge is 0.332 e. The lowest BCUT2D eigenvalue weighted by atomic mass is 10.1. The van der Waals surface area contributed by atoms with Crippen LogP contribution in [0.2, 0.25) is 0 Å². The number of hydrogen-bond acceptors (Lipinski definition) is 5. The van der Waals surface area contributed by atoms with Gasteiger partial charge in [-0.1, -0.05) is 0 Å². The van der Waals surface area contributed by atoms with E-state index in [1.54, 1.807) is 32.5 Å². The summed E-state index contributed by atoms with van der Waals surface area (Å²) in [5, 5.41) is 9.79. The molecule has 0 fully saturated rings. The molecular weight excluding hydrogens is 298 g/mol. The Morgan fingerprint density at radius 3 is 2.57 bits per heavy atom. The predicted octanol–water partition coefficient (Wildman–Crippen LogP) is -0.473. The van der Waals surface area contributed by atoms with Gasteiger partial charge in [0, 0.05) is 27.2 Å². The number of fused-ring (bicyclic) bond motifs is 1. The van der Waals surface area contributed by atoms with E-state index in [1.807, 2.05) is 11.9 Å². The summed E-state index contributed by atoms with van der Waals surface area (Å²) in [6.45, 7) is 5.05. The molecule has 2 aromatic rings. The van der Waals surface area contributed by atoms with Crippen molar-refractivity contribution in [3.63, 3.8) is 0 Å². The zero-order valence-electron chi connectivity index (χ0n) is 14.4. The fraction of sp³-hybridized carbons (Fsp3) is 0.667. The molecule has 2 aromatic heterocycles. The van der Waals surface area contributed by atoms with Crippen molar-refractivity contribution in [2.24, 2.45) is 14.1 Å². The van der Waals surface area contributed by atoms with Gasteiger partial charge in [0.2, 0.25) is 0 Å². The highest BCUT2D eigenvalue weighted by atomic mass is 16.3. The van der Waals surface area contributed by atoms with E-state index in [2.05, 4.69) is 4.98 Å². The number of aliphatic hydroxyl groups is 1. The fourth-order valence-electron chi connectivity index (χ4n) is 2.83. The molecule has 2 heterocycles. The van der Waals surface area contributed by atoms with Crippen LogP contribution >= 0.6 is 0 Å². The summed E-state index contributed by atoms with van der Waals surface area (Å²) in [5.74, 6) is 0. The Balaban J connectivity index is 2.20. The average Bonchev–Trinajstić information content (AvgIpc) is 2.80. The summed E-state index contributed by atoms with van der Waals surface area (Å²) in [7, 11) is 5.26. The van der Waals surface area contributed by atoms with Gasteiger partial charge in [0.25, 0.3) is 5.56 Å². The first kappa shape index (κ1) is 17.4. The standard InChI is InChI=1S/C15H25N5O3/c1-15(2,23)9-17(3)7-6-8-20-13(21)11-12(16-10-18(11)4)19(5)14(20)22/h10,23H,6-9H2,1-5H3. The van der Waals surface area contributed by atoms with Gasteiger partial charge in [-0.3, -0.25) is 13.9 Å². The fourth-order valence-corrected chi connectivity index (χ4v) is 2.83. The van der Waals surface area contributed by atoms with Gasteiger partial charge in [-0.25, -0.2) is 9.78 Å². The van der Waals surface area contributed by atoms with E-state index in [0.29, 0.717) is 37.2 Å². The van der Waals surface area contributed by atoms with Gasteiger partial charge in [-0.15, -0.1) is 0 Å². The molecule has 0 spiro atoms. The van der Waals surface area contributed by atoms with Gasteiger partial charge < -0.3 is 14.6 Å². The maximum atomic E-state index is 12.5. The number of rotatable bonds is 6. The summed E-state index contributed by atoms with van der Waals surface area (Å²) in [5.41, 5.74) is -0.607. The largest absolute Gasteiger partial charge is 0.389 e. The third kappa shape index (κ3) is 3.70. The molecule has 0 saturated carbocycles. The van der Waals surface area contributed by atoms with Crippen LogP contribution in [0.3, 0.4) is 0 Å². The molecule has 0 aliphatic rings. The molecule has 128 valence electrons. The first-order valence-corrected chi connectivity index (χ1v) is 7.63. The summed E-state index contributed by atoms with van der Waals surface area (Å²) in [6.07, 6.45) is 2.18. The van der Waals surface area contributed by atoms with Crippen molar-refractivity contribution in [1.82, 2.24) is 23.6 Å². The average molecular weight is 323 g/mol. The van der Waals surface area contributed by atoms with Crippen LogP contribution in [0.4, 0.5) is 0 Å². The SMILES string of the molecule is CN(CCCn1c(=O)c2c(ncn2C)n(C)c1=O)CC(C)(C)O. The van der Waals surface area contributed by atoms with E-state index in [0.717, 1.165) is 0 Å². The number of aryl methyl sites for hydroxylation is 2. The third-order valence-corrected chi connectivity index (χ3v) is 3.78. The third-order valence-electron chi connectivity index (χ3n) is 3.78. The quantitative estimate of drug-likeness (QED) is 0.776. The lowest BCUT2D eigenvalue weighted by molar-refractivity contribution is 0.0440. The number of aromatic nitrogens is 4.